The van der Waals surface area contributed by atoms with Crippen molar-refractivity contribution in [2.24, 2.45) is 0 Å². The smallest absolute Gasteiger partial charge is 0.205 e. The van der Waals surface area contributed by atoms with Gasteiger partial charge in [-0.25, -0.2) is 0 Å². The Labute approximate surface area is 121 Å². The van der Waals surface area contributed by atoms with Crippen molar-refractivity contribution < 1.29 is 9.53 Å². The molecule has 2 rings (SSSR count). The summed E-state index contributed by atoms with van der Waals surface area (Å²) in [6, 6.07) is 1.63. The van der Waals surface area contributed by atoms with Crippen LogP contribution < -0.4 is 0 Å². The molecule has 0 amide bonds. The summed E-state index contributed by atoms with van der Waals surface area (Å²) in [4.78, 5) is 15.3. The van der Waals surface area contributed by atoms with Gasteiger partial charge in [-0.1, -0.05) is 23.2 Å². The van der Waals surface area contributed by atoms with E-state index in [1.807, 2.05) is 14.0 Å². The van der Waals surface area contributed by atoms with Crippen LogP contribution in [-0.4, -0.2) is 43.0 Å². The van der Waals surface area contributed by atoms with E-state index < -0.39 is 5.60 Å². The summed E-state index contributed by atoms with van der Waals surface area (Å²) in [5, 5.41) is 0.433. The number of ketones is 1. The maximum absolute atomic E-state index is 12.6. The Balaban J connectivity index is 2.29. The number of carbonyl (C=O) groups excluding carboxylic acids is 1. The molecule has 18 heavy (non-hydrogen) atoms. The number of Topliss-reactive ketones (excluding diaryl/α,β-unsaturated/α-hetero) is 1. The first-order chi connectivity index (χ1) is 8.48. The highest BCUT2D eigenvalue weighted by atomic mass is 35.5. The van der Waals surface area contributed by atoms with Gasteiger partial charge in [0.25, 0.3) is 0 Å². The largest absolute Gasteiger partial charge is 0.366 e. The monoisotopic (exact) mass is 307 g/mol. The number of hydrogen-bond acceptors (Lipinski definition) is 4. The summed E-state index contributed by atoms with van der Waals surface area (Å²) >= 11 is 13.0. The summed E-state index contributed by atoms with van der Waals surface area (Å²) in [6.45, 7) is 3.90. The summed E-state index contributed by atoms with van der Waals surface area (Å²) < 4.78 is 6.21. The third-order valence-corrected chi connectivity index (χ3v) is 4.99. The Morgan fingerprint density at radius 1 is 1.61 bits per heavy atom. The third kappa shape index (κ3) is 2.58. The molecule has 1 aromatic rings. The van der Waals surface area contributed by atoms with Gasteiger partial charge in [0.2, 0.25) is 5.78 Å². The first-order valence-corrected chi connectivity index (χ1v) is 7.38. The van der Waals surface area contributed by atoms with Crippen LogP contribution in [0.2, 0.25) is 9.36 Å². The molecule has 1 aliphatic rings. The SMILES string of the molecule is CCOC1(C(=O)c2cc(Cl)c(Cl)s2)CCN(C)C1. The van der Waals surface area contributed by atoms with Crippen LogP contribution in [0.3, 0.4) is 0 Å². The molecule has 1 fully saturated rings. The molecule has 100 valence electrons. The highest BCUT2D eigenvalue weighted by Gasteiger charge is 2.45. The van der Waals surface area contributed by atoms with E-state index in [0.717, 1.165) is 6.54 Å². The second kappa shape index (κ2) is 5.47. The van der Waals surface area contributed by atoms with Gasteiger partial charge >= 0.3 is 0 Å². The van der Waals surface area contributed by atoms with Gasteiger partial charge in [0.1, 0.15) is 9.94 Å². The van der Waals surface area contributed by atoms with E-state index in [4.69, 9.17) is 27.9 Å². The molecule has 2 heterocycles. The van der Waals surface area contributed by atoms with Gasteiger partial charge in [-0.3, -0.25) is 4.79 Å². The van der Waals surface area contributed by atoms with E-state index in [1.165, 1.54) is 11.3 Å². The van der Waals surface area contributed by atoms with Crippen molar-refractivity contribution in [1.29, 1.82) is 0 Å². The molecular formula is C12H15Cl2NO2S. The zero-order valence-electron chi connectivity index (χ0n) is 10.3. The molecule has 0 saturated carbocycles. The molecule has 1 aliphatic heterocycles. The number of ether oxygens (including phenoxy) is 1. The highest BCUT2D eigenvalue weighted by Crippen LogP contribution is 2.36. The molecule has 1 saturated heterocycles. The van der Waals surface area contributed by atoms with Crippen LogP contribution in [0.5, 0.6) is 0 Å². The molecule has 0 N–H and O–H groups in total. The van der Waals surface area contributed by atoms with Gasteiger partial charge in [-0.2, -0.15) is 0 Å². The molecule has 0 spiro atoms. The van der Waals surface area contributed by atoms with Crippen LogP contribution in [0.1, 0.15) is 23.0 Å². The number of nitrogens with zero attached hydrogens (tertiary/aromatic N) is 1. The van der Waals surface area contributed by atoms with E-state index in [-0.39, 0.29) is 5.78 Å². The Hall–Kier alpha value is -0.130. The average Bonchev–Trinajstić information content (AvgIpc) is 2.84. The van der Waals surface area contributed by atoms with Crippen molar-refractivity contribution in [2.75, 3.05) is 26.7 Å². The molecule has 1 aromatic heterocycles. The number of likely N-dealkylation sites (tertiary alicyclic amines) is 1. The molecule has 0 aliphatic carbocycles. The second-order valence-corrected chi connectivity index (χ2v) is 6.54. The van der Waals surface area contributed by atoms with Crippen molar-refractivity contribution in [3.63, 3.8) is 0 Å². The van der Waals surface area contributed by atoms with Crippen LogP contribution in [0.15, 0.2) is 6.07 Å². The van der Waals surface area contributed by atoms with Gasteiger partial charge in [-0.15, -0.1) is 11.3 Å². The quantitative estimate of drug-likeness (QED) is 0.799. The van der Waals surface area contributed by atoms with Crippen LogP contribution in [0, 0.1) is 0 Å². The molecule has 3 nitrogen and oxygen atoms in total. The fraction of sp³-hybridized carbons (Fsp3) is 0.583. The molecule has 0 aromatic carbocycles. The van der Waals surface area contributed by atoms with Crippen molar-refractivity contribution >= 4 is 40.3 Å². The zero-order valence-corrected chi connectivity index (χ0v) is 12.7. The fourth-order valence-electron chi connectivity index (χ4n) is 2.29. The Kier molecular flexibility index (Phi) is 4.34. The van der Waals surface area contributed by atoms with Crippen molar-refractivity contribution in [3.8, 4) is 0 Å². The summed E-state index contributed by atoms with van der Waals surface area (Å²) in [5.41, 5.74) is -0.735. The van der Waals surface area contributed by atoms with Crippen LogP contribution >= 0.6 is 34.5 Å². The lowest BCUT2D eigenvalue weighted by atomic mass is 9.96. The summed E-state index contributed by atoms with van der Waals surface area (Å²) in [7, 11) is 1.99. The normalized spacial score (nSPS) is 24.7. The number of rotatable bonds is 4. The number of hydrogen-bond donors (Lipinski definition) is 0. The summed E-state index contributed by atoms with van der Waals surface area (Å²) in [6.07, 6.45) is 0.712. The molecular weight excluding hydrogens is 293 g/mol. The lowest BCUT2D eigenvalue weighted by Crippen LogP contribution is -2.43. The topological polar surface area (TPSA) is 29.5 Å². The highest BCUT2D eigenvalue weighted by molar-refractivity contribution is 7.18. The fourth-order valence-corrected chi connectivity index (χ4v) is 3.69. The molecule has 0 bridgehead atoms. The molecule has 0 radical (unpaired) electrons. The number of carbonyl (C=O) groups is 1. The minimum atomic E-state index is -0.735. The van der Waals surface area contributed by atoms with Crippen LogP contribution in [-0.2, 0) is 4.74 Å². The van der Waals surface area contributed by atoms with E-state index in [0.29, 0.717) is 33.8 Å². The van der Waals surface area contributed by atoms with Gasteiger partial charge in [0.05, 0.1) is 9.90 Å². The predicted molar refractivity (Wildman–Crippen MR) is 75.1 cm³/mol. The minimum Gasteiger partial charge on any atom is -0.366 e. The Morgan fingerprint density at radius 2 is 2.33 bits per heavy atom. The van der Waals surface area contributed by atoms with Gasteiger partial charge in [0.15, 0.2) is 0 Å². The minimum absolute atomic E-state index is 0.00694. The lowest BCUT2D eigenvalue weighted by Gasteiger charge is -2.26. The standard InChI is InChI=1S/C12H15Cl2NO2S/c1-3-17-12(4-5-15(2)7-12)10(16)9-6-8(13)11(14)18-9/h6H,3-5,7H2,1-2H3. The van der Waals surface area contributed by atoms with E-state index in [9.17, 15) is 4.79 Å². The van der Waals surface area contributed by atoms with Gasteiger partial charge in [0, 0.05) is 19.7 Å². The summed E-state index contributed by atoms with van der Waals surface area (Å²) in [5.74, 6) is -0.00694. The third-order valence-electron chi connectivity index (χ3n) is 3.13. The number of thiophene rings is 1. The first-order valence-electron chi connectivity index (χ1n) is 5.80. The maximum Gasteiger partial charge on any atom is 0.205 e. The second-order valence-electron chi connectivity index (χ2n) is 4.48. The lowest BCUT2D eigenvalue weighted by molar-refractivity contribution is -0.0129. The first kappa shape index (κ1) is 14.3. The van der Waals surface area contributed by atoms with Crippen molar-refractivity contribution in [3.05, 3.63) is 20.3 Å². The van der Waals surface area contributed by atoms with E-state index in [1.54, 1.807) is 6.07 Å². The van der Waals surface area contributed by atoms with Crippen LogP contribution in [0.25, 0.3) is 0 Å². The van der Waals surface area contributed by atoms with Crippen LogP contribution in [0.4, 0.5) is 0 Å². The Morgan fingerprint density at radius 3 is 2.78 bits per heavy atom. The van der Waals surface area contributed by atoms with Crippen molar-refractivity contribution in [1.82, 2.24) is 4.90 Å². The molecule has 1 atom stereocenters. The molecule has 1 unspecified atom stereocenters. The van der Waals surface area contributed by atoms with Crippen molar-refractivity contribution in [2.45, 2.75) is 18.9 Å². The average molecular weight is 308 g/mol. The van der Waals surface area contributed by atoms with E-state index >= 15 is 0 Å². The molecule has 6 heteroatoms. The maximum atomic E-state index is 12.6. The van der Waals surface area contributed by atoms with Gasteiger partial charge in [-0.05, 0) is 26.5 Å². The zero-order chi connectivity index (χ0) is 13.3. The van der Waals surface area contributed by atoms with E-state index in [2.05, 4.69) is 4.90 Å². The predicted octanol–water partition coefficient (Wildman–Crippen LogP) is 3.35. The Bertz CT molecular complexity index is 439. The number of halogens is 2. The van der Waals surface area contributed by atoms with Gasteiger partial charge < -0.3 is 9.64 Å². The number of likely N-dealkylation sites (N-methyl/N-ethyl adjacent to an activating group) is 1.